The van der Waals surface area contributed by atoms with Gasteiger partial charge in [0.2, 0.25) is 5.91 Å². The summed E-state index contributed by atoms with van der Waals surface area (Å²) in [5.41, 5.74) is 0.488. The van der Waals surface area contributed by atoms with Crippen LogP contribution in [0.3, 0.4) is 0 Å². The first-order valence-corrected chi connectivity index (χ1v) is 7.84. The van der Waals surface area contributed by atoms with Gasteiger partial charge < -0.3 is 10.2 Å². The highest BCUT2D eigenvalue weighted by Gasteiger charge is 2.39. The third kappa shape index (κ3) is 3.50. The summed E-state index contributed by atoms with van der Waals surface area (Å²) in [6, 6.07) is 0.0162. The molecular formula is C16H30N2O. The normalized spacial score (nSPS) is 30.7. The zero-order chi connectivity index (χ0) is 14.1. The molecule has 2 aliphatic heterocycles. The maximum atomic E-state index is 12.8. The van der Waals surface area contributed by atoms with Gasteiger partial charge in [-0.2, -0.15) is 0 Å². The molecule has 0 saturated carbocycles. The van der Waals surface area contributed by atoms with Gasteiger partial charge in [0.05, 0.1) is 6.04 Å². The Labute approximate surface area is 118 Å². The lowest BCUT2D eigenvalue weighted by molar-refractivity contribution is -0.137. The molecule has 0 radical (unpaired) electrons. The van der Waals surface area contributed by atoms with Crippen LogP contribution < -0.4 is 5.32 Å². The second kappa shape index (κ2) is 5.43. The SMILES string of the molecule is CC1(C)CCCN(C(=O)C2NCCCC2(C)C)CC1. The van der Waals surface area contributed by atoms with Crippen molar-refractivity contribution in [1.29, 1.82) is 0 Å². The third-order valence-electron chi connectivity index (χ3n) is 5.03. The molecule has 1 amide bonds. The minimum atomic E-state index is 0.0162. The number of hydrogen-bond donors (Lipinski definition) is 1. The lowest BCUT2D eigenvalue weighted by Gasteiger charge is -2.40. The first-order chi connectivity index (χ1) is 8.82. The minimum absolute atomic E-state index is 0.0162. The van der Waals surface area contributed by atoms with Crippen LogP contribution in [0.2, 0.25) is 0 Å². The topological polar surface area (TPSA) is 32.3 Å². The largest absolute Gasteiger partial charge is 0.341 e. The molecule has 2 aliphatic rings. The molecule has 2 rings (SSSR count). The lowest BCUT2D eigenvalue weighted by atomic mass is 9.77. The number of carbonyl (C=O) groups excluding carboxylic acids is 1. The van der Waals surface area contributed by atoms with Crippen molar-refractivity contribution in [3.05, 3.63) is 0 Å². The number of carbonyl (C=O) groups is 1. The monoisotopic (exact) mass is 266 g/mol. The summed E-state index contributed by atoms with van der Waals surface area (Å²) in [5, 5.41) is 3.46. The van der Waals surface area contributed by atoms with E-state index in [2.05, 4.69) is 37.9 Å². The van der Waals surface area contributed by atoms with Crippen LogP contribution in [0.25, 0.3) is 0 Å². The number of piperidine rings is 1. The minimum Gasteiger partial charge on any atom is -0.341 e. The first kappa shape index (κ1) is 14.8. The molecule has 3 nitrogen and oxygen atoms in total. The molecule has 2 saturated heterocycles. The fourth-order valence-electron chi connectivity index (χ4n) is 3.46. The molecule has 1 N–H and O–H groups in total. The van der Waals surface area contributed by atoms with Crippen LogP contribution in [-0.2, 0) is 4.79 Å². The summed E-state index contributed by atoms with van der Waals surface area (Å²) in [6.07, 6.45) is 5.84. The van der Waals surface area contributed by atoms with E-state index in [1.165, 1.54) is 12.8 Å². The van der Waals surface area contributed by atoms with Gasteiger partial charge in [-0.3, -0.25) is 4.79 Å². The average Bonchev–Trinajstić information content (AvgIpc) is 2.49. The molecule has 0 spiro atoms. The zero-order valence-electron chi connectivity index (χ0n) is 13.1. The second-order valence-corrected chi connectivity index (χ2v) is 7.82. The molecule has 1 atom stereocenters. The van der Waals surface area contributed by atoms with Crippen molar-refractivity contribution in [3.8, 4) is 0 Å². The molecule has 0 aromatic heterocycles. The summed E-state index contributed by atoms with van der Waals surface area (Å²) in [5.74, 6) is 0.336. The Morgan fingerprint density at radius 3 is 2.47 bits per heavy atom. The van der Waals surface area contributed by atoms with E-state index in [0.29, 0.717) is 11.3 Å². The summed E-state index contributed by atoms with van der Waals surface area (Å²) in [4.78, 5) is 14.9. The van der Waals surface area contributed by atoms with E-state index < -0.39 is 0 Å². The first-order valence-electron chi connectivity index (χ1n) is 7.84. The highest BCUT2D eigenvalue weighted by Crippen LogP contribution is 2.33. The summed E-state index contributed by atoms with van der Waals surface area (Å²) < 4.78 is 0. The van der Waals surface area contributed by atoms with Gasteiger partial charge in [-0.05, 0) is 49.5 Å². The molecule has 3 heteroatoms. The van der Waals surface area contributed by atoms with Gasteiger partial charge in [-0.15, -0.1) is 0 Å². The number of likely N-dealkylation sites (tertiary alicyclic amines) is 1. The van der Waals surface area contributed by atoms with Gasteiger partial charge in [0, 0.05) is 13.1 Å². The fraction of sp³-hybridized carbons (Fsp3) is 0.938. The van der Waals surface area contributed by atoms with E-state index >= 15 is 0 Å². The number of rotatable bonds is 1. The van der Waals surface area contributed by atoms with Gasteiger partial charge in [-0.1, -0.05) is 27.7 Å². The van der Waals surface area contributed by atoms with Crippen molar-refractivity contribution in [2.24, 2.45) is 10.8 Å². The Balaban J connectivity index is 2.02. The van der Waals surface area contributed by atoms with E-state index in [1.807, 2.05) is 0 Å². The molecule has 2 fully saturated rings. The highest BCUT2D eigenvalue weighted by atomic mass is 16.2. The van der Waals surface area contributed by atoms with E-state index in [9.17, 15) is 4.79 Å². The van der Waals surface area contributed by atoms with Gasteiger partial charge in [0.15, 0.2) is 0 Å². The molecule has 0 aromatic carbocycles. The van der Waals surface area contributed by atoms with Crippen molar-refractivity contribution in [1.82, 2.24) is 10.2 Å². The second-order valence-electron chi connectivity index (χ2n) is 7.82. The predicted octanol–water partition coefficient (Wildman–Crippen LogP) is 2.80. The summed E-state index contributed by atoms with van der Waals surface area (Å²) in [7, 11) is 0. The molecule has 0 aliphatic carbocycles. The van der Waals surface area contributed by atoms with E-state index in [-0.39, 0.29) is 11.5 Å². The van der Waals surface area contributed by atoms with Gasteiger partial charge >= 0.3 is 0 Å². The molecule has 0 bridgehead atoms. The number of hydrogen-bond acceptors (Lipinski definition) is 2. The van der Waals surface area contributed by atoms with E-state index in [4.69, 9.17) is 0 Å². The van der Waals surface area contributed by atoms with Gasteiger partial charge in [-0.25, -0.2) is 0 Å². The molecule has 19 heavy (non-hydrogen) atoms. The molecule has 2 heterocycles. The Morgan fingerprint density at radius 1 is 1.05 bits per heavy atom. The molecular weight excluding hydrogens is 236 g/mol. The Kier molecular flexibility index (Phi) is 4.24. The lowest BCUT2D eigenvalue weighted by Crippen LogP contribution is -2.56. The van der Waals surface area contributed by atoms with Crippen molar-refractivity contribution >= 4 is 5.91 Å². The number of amides is 1. The van der Waals surface area contributed by atoms with Crippen LogP contribution in [0.1, 0.15) is 59.8 Å². The summed E-state index contributed by atoms with van der Waals surface area (Å²) in [6.45, 7) is 12.0. The van der Waals surface area contributed by atoms with Gasteiger partial charge in [0.25, 0.3) is 0 Å². The van der Waals surface area contributed by atoms with Gasteiger partial charge in [0.1, 0.15) is 0 Å². The van der Waals surface area contributed by atoms with Crippen LogP contribution in [0.4, 0.5) is 0 Å². The average molecular weight is 266 g/mol. The molecule has 110 valence electrons. The molecule has 0 aromatic rings. The summed E-state index contributed by atoms with van der Waals surface area (Å²) >= 11 is 0. The molecule has 1 unspecified atom stereocenters. The smallest absolute Gasteiger partial charge is 0.240 e. The maximum absolute atomic E-state index is 12.8. The quantitative estimate of drug-likeness (QED) is 0.791. The Bertz CT molecular complexity index is 336. The van der Waals surface area contributed by atoms with Crippen molar-refractivity contribution in [2.75, 3.05) is 19.6 Å². The van der Waals surface area contributed by atoms with Crippen molar-refractivity contribution < 1.29 is 4.79 Å². The van der Waals surface area contributed by atoms with Crippen LogP contribution in [0.5, 0.6) is 0 Å². The van der Waals surface area contributed by atoms with E-state index in [1.54, 1.807) is 0 Å². The predicted molar refractivity (Wildman–Crippen MR) is 79.0 cm³/mol. The van der Waals surface area contributed by atoms with E-state index in [0.717, 1.165) is 38.9 Å². The van der Waals surface area contributed by atoms with Crippen LogP contribution in [-0.4, -0.2) is 36.5 Å². The van der Waals surface area contributed by atoms with Crippen LogP contribution >= 0.6 is 0 Å². The number of nitrogens with zero attached hydrogens (tertiary/aromatic N) is 1. The Morgan fingerprint density at radius 2 is 1.79 bits per heavy atom. The van der Waals surface area contributed by atoms with Crippen LogP contribution in [0.15, 0.2) is 0 Å². The number of nitrogens with one attached hydrogen (secondary N) is 1. The Hall–Kier alpha value is -0.570. The van der Waals surface area contributed by atoms with Crippen molar-refractivity contribution in [3.63, 3.8) is 0 Å². The zero-order valence-corrected chi connectivity index (χ0v) is 13.1. The highest BCUT2D eigenvalue weighted by molar-refractivity contribution is 5.83. The van der Waals surface area contributed by atoms with Crippen molar-refractivity contribution in [2.45, 2.75) is 65.8 Å². The van der Waals surface area contributed by atoms with Crippen LogP contribution in [0, 0.1) is 10.8 Å². The maximum Gasteiger partial charge on any atom is 0.240 e. The fourth-order valence-corrected chi connectivity index (χ4v) is 3.46. The third-order valence-corrected chi connectivity index (χ3v) is 5.03. The standard InChI is InChI=1S/C16H30N2O/c1-15(2)7-6-11-18(12-9-15)14(19)13-16(3,4)8-5-10-17-13/h13,17H,5-12H2,1-4H3.